The zero-order valence-corrected chi connectivity index (χ0v) is 14.5. The van der Waals surface area contributed by atoms with Gasteiger partial charge in [-0.1, -0.05) is 29.8 Å². The van der Waals surface area contributed by atoms with E-state index in [4.69, 9.17) is 4.74 Å². The van der Waals surface area contributed by atoms with Crippen molar-refractivity contribution in [1.29, 1.82) is 0 Å². The average molecular weight is 316 g/mol. The molecule has 2 saturated heterocycles. The summed E-state index contributed by atoms with van der Waals surface area (Å²) in [6.45, 7) is 5.53. The lowest BCUT2D eigenvalue weighted by molar-refractivity contribution is -0.189. The Morgan fingerprint density at radius 3 is 2.57 bits per heavy atom. The Kier molecular flexibility index (Phi) is 4.74. The van der Waals surface area contributed by atoms with Crippen molar-refractivity contribution >= 4 is 5.91 Å². The van der Waals surface area contributed by atoms with Crippen LogP contribution in [-0.2, 0) is 16.0 Å². The number of carbonyl (C=O) groups is 1. The Balaban J connectivity index is 1.45. The molecule has 1 amide bonds. The zero-order valence-electron chi connectivity index (χ0n) is 14.5. The lowest BCUT2D eigenvalue weighted by Crippen LogP contribution is -2.66. The fourth-order valence-corrected chi connectivity index (χ4v) is 3.65. The van der Waals surface area contributed by atoms with Crippen LogP contribution in [0.1, 0.15) is 24.0 Å². The van der Waals surface area contributed by atoms with Gasteiger partial charge in [-0.05, 0) is 45.3 Å². The SMILES string of the molecule is Cc1ccc(CC(=O)N2CC3(CC[C@@H](CN(C)C)CO3)C2)cc1. The predicted octanol–water partition coefficient (Wildman–Crippen LogP) is 2.11. The molecule has 0 aromatic heterocycles. The lowest BCUT2D eigenvalue weighted by Gasteiger charge is -2.53. The second kappa shape index (κ2) is 6.62. The highest BCUT2D eigenvalue weighted by Crippen LogP contribution is 2.36. The molecule has 3 rings (SSSR count). The van der Waals surface area contributed by atoms with E-state index in [1.165, 1.54) is 12.0 Å². The molecule has 0 saturated carbocycles. The van der Waals surface area contributed by atoms with E-state index in [-0.39, 0.29) is 11.5 Å². The van der Waals surface area contributed by atoms with E-state index in [1.807, 2.05) is 17.0 Å². The first-order valence-corrected chi connectivity index (χ1v) is 8.58. The highest BCUT2D eigenvalue weighted by atomic mass is 16.5. The molecule has 126 valence electrons. The summed E-state index contributed by atoms with van der Waals surface area (Å²) in [6, 6.07) is 8.22. The summed E-state index contributed by atoms with van der Waals surface area (Å²) in [5.41, 5.74) is 2.27. The third-order valence-corrected chi connectivity index (χ3v) is 5.04. The number of nitrogens with zero attached hydrogens (tertiary/aromatic N) is 2. The summed E-state index contributed by atoms with van der Waals surface area (Å²) in [6.07, 6.45) is 2.79. The number of amides is 1. The van der Waals surface area contributed by atoms with E-state index in [9.17, 15) is 4.79 Å². The van der Waals surface area contributed by atoms with Gasteiger partial charge in [0.2, 0.25) is 5.91 Å². The minimum absolute atomic E-state index is 0.0499. The molecule has 2 aliphatic rings. The van der Waals surface area contributed by atoms with Gasteiger partial charge in [-0.15, -0.1) is 0 Å². The van der Waals surface area contributed by atoms with Gasteiger partial charge in [-0.25, -0.2) is 0 Å². The molecule has 1 spiro atoms. The maximum atomic E-state index is 12.4. The van der Waals surface area contributed by atoms with E-state index in [1.54, 1.807) is 0 Å². The molecule has 0 N–H and O–H groups in total. The molecule has 1 aromatic carbocycles. The van der Waals surface area contributed by atoms with Crippen LogP contribution in [0.15, 0.2) is 24.3 Å². The fraction of sp³-hybridized carbons (Fsp3) is 0.632. The third-order valence-electron chi connectivity index (χ3n) is 5.04. The highest BCUT2D eigenvalue weighted by molar-refractivity contribution is 5.80. The number of hydrogen-bond donors (Lipinski definition) is 0. The third kappa shape index (κ3) is 3.93. The van der Waals surface area contributed by atoms with Crippen LogP contribution in [0.4, 0.5) is 0 Å². The molecule has 0 aliphatic carbocycles. The minimum atomic E-state index is -0.0499. The van der Waals surface area contributed by atoms with Gasteiger partial charge in [0.1, 0.15) is 5.60 Å². The van der Waals surface area contributed by atoms with Crippen LogP contribution in [0.25, 0.3) is 0 Å². The summed E-state index contributed by atoms with van der Waals surface area (Å²) in [5, 5.41) is 0. The van der Waals surface area contributed by atoms with E-state index in [0.717, 1.165) is 38.2 Å². The number of rotatable bonds is 4. The van der Waals surface area contributed by atoms with Gasteiger partial charge < -0.3 is 14.5 Å². The highest BCUT2D eigenvalue weighted by Gasteiger charge is 2.48. The molecule has 2 fully saturated rings. The average Bonchev–Trinajstić information content (AvgIpc) is 2.47. The normalized spacial score (nSPS) is 23.1. The summed E-state index contributed by atoms with van der Waals surface area (Å²) < 4.78 is 6.14. The van der Waals surface area contributed by atoms with Gasteiger partial charge in [0.25, 0.3) is 0 Å². The number of hydrogen-bond acceptors (Lipinski definition) is 3. The van der Waals surface area contributed by atoms with Crippen molar-refractivity contribution in [3.63, 3.8) is 0 Å². The zero-order chi connectivity index (χ0) is 16.4. The topological polar surface area (TPSA) is 32.8 Å². The number of carbonyl (C=O) groups excluding carboxylic acids is 1. The monoisotopic (exact) mass is 316 g/mol. The van der Waals surface area contributed by atoms with Crippen LogP contribution < -0.4 is 0 Å². The van der Waals surface area contributed by atoms with Crippen molar-refractivity contribution in [2.75, 3.05) is 40.3 Å². The minimum Gasteiger partial charge on any atom is -0.371 e. The van der Waals surface area contributed by atoms with Crippen LogP contribution in [-0.4, -0.2) is 61.6 Å². The number of likely N-dealkylation sites (tertiary alicyclic amines) is 1. The van der Waals surface area contributed by atoms with E-state index >= 15 is 0 Å². The summed E-state index contributed by atoms with van der Waals surface area (Å²) in [5.74, 6) is 0.853. The van der Waals surface area contributed by atoms with Crippen LogP contribution in [0, 0.1) is 12.8 Å². The Labute approximate surface area is 139 Å². The molecular weight excluding hydrogens is 288 g/mol. The van der Waals surface area contributed by atoms with Gasteiger partial charge in [0.15, 0.2) is 0 Å². The predicted molar refractivity (Wildman–Crippen MR) is 91.4 cm³/mol. The maximum absolute atomic E-state index is 12.4. The summed E-state index contributed by atoms with van der Waals surface area (Å²) in [7, 11) is 4.22. The van der Waals surface area contributed by atoms with Crippen LogP contribution in [0.3, 0.4) is 0 Å². The van der Waals surface area contributed by atoms with Crippen molar-refractivity contribution in [3.05, 3.63) is 35.4 Å². The van der Waals surface area contributed by atoms with Crippen LogP contribution >= 0.6 is 0 Å². The molecule has 0 radical (unpaired) electrons. The maximum Gasteiger partial charge on any atom is 0.227 e. The first kappa shape index (κ1) is 16.5. The van der Waals surface area contributed by atoms with Crippen LogP contribution in [0.5, 0.6) is 0 Å². The van der Waals surface area contributed by atoms with Gasteiger partial charge in [0.05, 0.1) is 26.1 Å². The van der Waals surface area contributed by atoms with Gasteiger partial charge in [-0.3, -0.25) is 4.79 Å². The Bertz CT molecular complexity index is 537. The van der Waals surface area contributed by atoms with E-state index in [0.29, 0.717) is 12.3 Å². The van der Waals surface area contributed by atoms with Crippen molar-refractivity contribution in [2.45, 2.75) is 31.8 Å². The largest absolute Gasteiger partial charge is 0.371 e. The van der Waals surface area contributed by atoms with Gasteiger partial charge >= 0.3 is 0 Å². The van der Waals surface area contributed by atoms with Gasteiger partial charge in [0, 0.05) is 6.54 Å². The molecule has 1 aromatic rings. The van der Waals surface area contributed by atoms with Crippen molar-refractivity contribution in [2.24, 2.45) is 5.92 Å². The smallest absolute Gasteiger partial charge is 0.227 e. The number of benzene rings is 1. The van der Waals surface area contributed by atoms with E-state index in [2.05, 4.69) is 38.1 Å². The van der Waals surface area contributed by atoms with Crippen molar-refractivity contribution < 1.29 is 9.53 Å². The molecule has 4 heteroatoms. The Morgan fingerprint density at radius 2 is 2.00 bits per heavy atom. The fourth-order valence-electron chi connectivity index (χ4n) is 3.65. The van der Waals surface area contributed by atoms with Crippen LogP contribution in [0.2, 0.25) is 0 Å². The molecular formula is C19H28N2O2. The first-order chi connectivity index (χ1) is 11.0. The Morgan fingerprint density at radius 1 is 1.30 bits per heavy atom. The molecule has 0 bridgehead atoms. The molecule has 0 unspecified atom stereocenters. The Hall–Kier alpha value is -1.39. The van der Waals surface area contributed by atoms with E-state index < -0.39 is 0 Å². The first-order valence-electron chi connectivity index (χ1n) is 8.58. The van der Waals surface area contributed by atoms with Gasteiger partial charge in [-0.2, -0.15) is 0 Å². The molecule has 2 heterocycles. The second-order valence-electron chi connectivity index (χ2n) is 7.57. The van der Waals surface area contributed by atoms with Crippen molar-refractivity contribution in [1.82, 2.24) is 9.80 Å². The number of ether oxygens (including phenoxy) is 1. The molecule has 2 aliphatic heterocycles. The second-order valence-corrected chi connectivity index (χ2v) is 7.57. The standard InChI is InChI=1S/C19H28N2O2/c1-15-4-6-16(7-5-15)10-18(22)21-13-19(14-21)9-8-17(12-23-19)11-20(2)3/h4-7,17H,8-14H2,1-3H3/t17-/m0/s1. The quantitative estimate of drug-likeness (QED) is 0.853. The molecule has 4 nitrogen and oxygen atoms in total. The summed E-state index contributed by atoms with van der Waals surface area (Å²) in [4.78, 5) is 16.6. The number of aryl methyl sites for hydroxylation is 1. The molecule has 1 atom stereocenters. The summed E-state index contributed by atoms with van der Waals surface area (Å²) >= 11 is 0. The van der Waals surface area contributed by atoms with Crippen molar-refractivity contribution in [3.8, 4) is 0 Å². The lowest BCUT2D eigenvalue weighted by atomic mass is 9.82. The molecule has 23 heavy (non-hydrogen) atoms.